The van der Waals surface area contributed by atoms with Crippen LogP contribution in [0.5, 0.6) is 5.75 Å². The maximum absolute atomic E-state index is 15.0. The molecular formula is C24H20F4N4O2. The highest BCUT2D eigenvalue weighted by molar-refractivity contribution is 5.65. The molecule has 2 atom stereocenters. The van der Waals surface area contributed by atoms with Gasteiger partial charge < -0.3 is 14.2 Å². The van der Waals surface area contributed by atoms with Gasteiger partial charge in [-0.25, -0.2) is 23.7 Å². The Morgan fingerprint density at radius 1 is 1.18 bits per heavy atom. The molecule has 0 saturated carbocycles. The number of benzene rings is 1. The van der Waals surface area contributed by atoms with Crippen LogP contribution in [0, 0.1) is 5.82 Å². The molecule has 1 aliphatic rings. The number of nitrogens with zero attached hydrogens (tertiary/aromatic N) is 4. The van der Waals surface area contributed by atoms with Crippen LogP contribution in [0.15, 0.2) is 48.9 Å². The van der Waals surface area contributed by atoms with Gasteiger partial charge in [-0.05, 0) is 26.3 Å². The largest absolute Gasteiger partial charge is 0.435 e. The van der Waals surface area contributed by atoms with E-state index in [2.05, 4.69) is 15.0 Å². The highest BCUT2D eigenvalue weighted by Crippen LogP contribution is 2.47. The van der Waals surface area contributed by atoms with Gasteiger partial charge in [0.05, 0.1) is 17.5 Å². The summed E-state index contributed by atoms with van der Waals surface area (Å²) >= 11 is 0. The average Bonchev–Trinajstić information content (AvgIpc) is 3.29. The smallest absolute Gasteiger partial charge is 0.387 e. The van der Waals surface area contributed by atoms with Crippen molar-refractivity contribution in [2.45, 2.75) is 44.6 Å². The summed E-state index contributed by atoms with van der Waals surface area (Å²) in [5, 5.41) is 10.6. The van der Waals surface area contributed by atoms with Crippen LogP contribution in [0.3, 0.4) is 0 Å². The van der Waals surface area contributed by atoms with Gasteiger partial charge in [-0.15, -0.1) is 0 Å². The second-order valence-electron chi connectivity index (χ2n) is 8.63. The molecule has 6 nitrogen and oxygen atoms in total. The van der Waals surface area contributed by atoms with E-state index in [0.29, 0.717) is 22.5 Å². The van der Waals surface area contributed by atoms with Gasteiger partial charge in [0.2, 0.25) is 0 Å². The van der Waals surface area contributed by atoms with Gasteiger partial charge in [-0.3, -0.25) is 0 Å². The van der Waals surface area contributed by atoms with Gasteiger partial charge in [0.15, 0.2) is 11.5 Å². The monoisotopic (exact) mass is 472 g/mol. The maximum Gasteiger partial charge on any atom is 0.387 e. The summed E-state index contributed by atoms with van der Waals surface area (Å²) in [5.74, 6) is -1.14. The predicted octanol–water partition coefficient (Wildman–Crippen LogP) is 5.31. The van der Waals surface area contributed by atoms with E-state index in [1.54, 1.807) is 22.6 Å². The molecule has 0 bridgehead atoms. The minimum absolute atomic E-state index is 0.00217. The zero-order valence-electron chi connectivity index (χ0n) is 18.2. The first-order valence-electron chi connectivity index (χ1n) is 10.6. The molecule has 1 aromatic carbocycles. The molecule has 176 valence electrons. The van der Waals surface area contributed by atoms with E-state index >= 15 is 0 Å². The molecule has 1 N–H and O–H groups in total. The van der Waals surface area contributed by atoms with Crippen LogP contribution in [-0.4, -0.2) is 31.1 Å². The molecular weight excluding hydrogens is 452 g/mol. The van der Waals surface area contributed by atoms with Crippen LogP contribution in [0.4, 0.5) is 17.6 Å². The standard InChI is InChI=1S/C24H20F4N4O2/c1-24(2,28)22-29-9-12(10-30-22)15-11-32-19(8-16(15)25)31-20-17(33)7-14(21(20)32)13-5-3-4-6-18(13)34-23(26)27/h3-6,8-11,14,17,23,33H,7H2,1-2H3. The number of rotatable bonds is 5. The number of aliphatic hydroxyl groups excluding tert-OH is 1. The van der Waals surface area contributed by atoms with E-state index in [1.165, 1.54) is 44.6 Å². The molecule has 0 spiro atoms. The Balaban J connectivity index is 1.64. The average molecular weight is 472 g/mol. The van der Waals surface area contributed by atoms with Gasteiger partial charge in [0.25, 0.3) is 0 Å². The second kappa shape index (κ2) is 8.05. The van der Waals surface area contributed by atoms with Gasteiger partial charge >= 0.3 is 6.61 Å². The van der Waals surface area contributed by atoms with Gasteiger partial charge in [-0.1, -0.05) is 18.2 Å². The fourth-order valence-electron chi connectivity index (χ4n) is 4.37. The Bertz CT molecular complexity index is 1370. The number of aromatic nitrogens is 4. The third-order valence-corrected chi connectivity index (χ3v) is 5.88. The van der Waals surface area contributed by atoms with Crippen molar-refractivity contribution in [3.05, 3.63) is 77.5 Å². The fourth-order valence-corrected chi connectivity index (χ4v) is 4.37. The quantitative estimate of drug-likeness (QED) is 0.399. The first-order chi connectivity index (χ1) is 16.1. The van der Waals surface area contributed by atoms with Crippen LogP contribution >= 0.6 is 0 Å². The molecule has 0 aliphatic heterocycles. The minimum Gasteiger partial charge on any atom is -0.435 e. The highest BCUT2D eigenvalue weighted by Gasteiger charge is 2.37. The lowest BCUT2D eigenvalue weighted by molar-refractivity contribution is -0.0506. The number of imidazole rings is 1. The zero-order valence-corrected chi connectivity index (χ0v) is 18.2. The molecule has 3 aromatic heterocycles. The number of alkyl halides is 3. The number of pyridine rings is 1. The summed E-state index contributed by atoms with van der Waals surface area (Å²) in [6, 6.07) is 7.58. The number of para-hydroxylation sites is 1. The van der Waals surface area contributed by atoms with Crippen molar-refractivity contribution >= 4 is 5.65 Å². The van der Waals surface area contributed by atoms with Crippen LogP contribution in [-0.2, 0) is 5.67 Å². The first kappa shape index (κ1) is 22.3. The summed E-state index contributed by atoms with van der Waals surface area (Å²) in [5.41, 5.74) is 0.342. The fraction of sp³-hybridized carbons (Fsp3) is 0.292. The predicted molar refractivity (Wildman–Crippen MR) is 115 cm³/mol. The van der Waals surface area contributed by atoms with Crippen LogP contribution in [0.2, 0.25) is 0 Å². The number of halogens is 4. The van der Waals surface area contributed by atoms with Crippen molar-refractivity contribution in [3.8, 4) is 16.9 Å². The van der Waals surface area contributed by atoms with Gasteiger partial charge in [-0.2, -0.15) is 8.78 Å². The minimum atomic E-state index is -3.01. The van der Waals surface area contributed by atoms with Crippen molar-refractivity contribution in [2.75, 3.05) is 0 Å². The van der Waals surface area contributed by atoms with Crippen molar-refractivity contribution in [1.29, 1.82) is 0 Å². The Morgan fingerprint density at radius 2 is 1.88 bits per heavy atom. The summed E-state index contributed by atoms with van der Waals surface area (Å²) in [6.45, 7) is -0.360. The molecule has 0 amide bonds. The Morgan fingerprint density at radius 3 is 2.56 bits per heavy atom. The van der Waals surface area contributed by atoms with E-state index in [0.717, 1.165) is 0 Å². The third-order valence-electron chi connectivity index (χ3n) is 5.88. The van der Waals surface area contributed by atoms with Gasteiger partial charge in [0, 0.05) is 47.3 Å². The molecule has 5 rings (SSSR count). The van der Waals surface area contributed by atoms with Crippen molar-refractivity contribution in [3.63, 3.8) is 0 Å². The van der Waals surface area contributed by atoms with E-state index in [4.69, 9.17) is 4.74 Å². The summed E-state index contributed by atoms with van der Waals surface area (Å²) in [4.78, 5) is 12.4. The van der Waals surface area contributed by atoms with E-state index < -0.39 is 30.1 Å². The topological polar surface area (TPSA) is 72.5 Å². The normalized spacial score (nSPS) is 18.0. The number of fused-ring (bicyclic) bond motifs is 3. The van der Waals surface area contributed by atoms with Crippen LogP contribution in [0.25, 0.3) is 16.8 Å². The van der Waals surface area contributed by atoms with Crippen LogP contribution in [0.1, 0.15) is 55.1 Å². The lowest BCUT2D eigenvalue weighted by atomic mass is 9.95. The molecule has 2 unspecified atom stereocenters. The molecule has 1 aliphatic carbocycles. The molecule has 0 fully saturated rings. The molecule has 10 heteroatoms. The molecule has 0 saturated heterocycles. The Hall–Kier alpha value is -3.53. The molecule has 3 heterocycles. The number of ether oxygens (including phenoxy) is 1. The molecule has 4 aromatic rings. The van der Waals surface area contributed by atoms with E-state index in [-0.39, 0.29) is 29.2 Å². The summed E-state index contributed by atoms with van der Waals surface area (Å²) < 4.78 is 61.4. The summed E-state index contributed by atoms with van der Waals surface area (Å²) in [6.07, 6.45) is 3.42. The van der Waals surface area contributed by atoms with E-state index in [9.17, 15) is 22.7 Å². The third kappa shape index (κ3) is 3.77. The number of hydrogen-bond acceptors (Lipinski definition) is 5. The number of hydrogen-bond donors (Lipinski definition) is 1. The van der Waals surface area contributed by atoms with Crippen molar-refractivity contribution < 1.29 is 27.4 Å². The zero-order chi connectivity index (χ0) is 24.2. The second-order valence-corrected chi connectivity index (χ2v) is 8.63. The van der Waals surface area contributed by atoms with E-state index in [1.807, 2.05) is 0 Å². The van der Waals surface area contributed by atoms with Crippen LogP contribution < -0.4 is 4.74 Å². The molecule has 0 radical (unpaired) electrons. The lowest BCUT2D eigenvalue weighted by Crippen LogP contribution is -2.13. The first-order valence-corrected chi connectivity index (χ1v) is 10.6. The Labute approximate surface area is 191 Å². The molecule has 34 heavy (non-hydrogen) atoms. The Kier molecular flexibility index (Phi) is 5.27. The lowest BCUT2D eigenvalue weighted by Gasteiger charge is -2.17. The SMILES string of the molecule is CC(C)(F)c1ncc(-c2cn3c4c(nc3cc2F)C(O)CC4c2ccccc2OC(F)F)cn1. The highest BCUT2D eigenvalue weighted by atomic mass is 19.3. The summed E-state index contributed by atoms with van der Waals surface area (Å²) in [7, 11) is 0. The number of aliphatic hydroxyl groups is 1. The maximum atomic E-state index is 15.0. The van der Waals surface area contributed by atoms with Crippen molar-refractivity contribution in [2.24, 2.45) is 0 Å². The van der Waals surface area contributed by atoms with Gasteiger partial charge in [0.1, 0.15) is 17.2 Å². The van der Waals surface area contributed by atoms with Crippen molar-refractivity contribution in [1.82, 2.24) is 19.4 Å².